The van der Waals surface area contributed by atoms with Crippen molar-refractivity contribution in [2.45, 2.75) is 135 Å². The minimum Gasteiger partial charge on any atom is -0.462 e. The predicted octanol–water partition coefficient (Wildman–Crippen LogP) is 4.32. The van der Waals surface area contributed by atoms with Gasteiger partial charge in [-0.15, -0.1) is 0 Å². The Balaban J connectivity index is 0.00000161. The molecule has 0 aromatic heterocycles. The van der Waals surface area contributed by atoms with Crippen LogP contribution in [0.5, 0.6) is 0 Å². The third kappa shape index (κ3) is 4.20. The van der Waals surface area contributed by atoms with Gasteiger partial charge in [0.05, 0.1) is 23.9 Å². The molecule has 5 aliphatic carbocycles. The zero-order valence-corrected chi connectivity index (χ0v) is 27.0. The van der Waals surface area contributed by atoms with E-state index in [9.17, 15) is 19.8 Å². The summed E-state index contributed by atoms with van der Waals surface area (Å²) in [7, 11) is 1.62. The Labute approximate surface area is 256 Å². The SMILES string of the molecule is CC.CO[C@H]1CC(OC2CCC3(C)C(C2)C2CC4C5(O)CC(OC(C)=O)C(C6=CC(=O)OC6)C5(C)CC[C@@]243)O[C@@H](C)C1O. The Morgan fingerprint density at radius 3 is 2.44 bits per heavy atom. The van der Waals surface area contributed by atoms with Crippen LogP contribution in [0.1, 0.15) is 92.9 Å². The maximum Gasteiger partial charge on any atom is 0.331 e. The fourth-order valence-electron chi connectivity index (χ4n) is 11.7. The van der Waals surface area contributed by atoms with E-state index < -0.39 is 23.2 Å². The molecule has 14 atom stereocenters. The summed E-state index contributed by atoms with van der Waals surface area (Å²) in [5, 5.41) is 23.0. The molecule has 7 rings (SSSR count). The number of hydrogen-bond acceptors (Lipinski definition) is 9. The Kier molecular flexibility index (Phi) is 7.89. The maximum atomic E-state index is 12.7. The van der Waals surface area contributed by atoms with Gasteiger partial charge in [-0.1, -0.05) is 27.7 Å². The molecule has 9 nitrogen and oxygen atoms in total. The maximum absolute atomic E-state index is 12.7. The van der Waals surface area contributed by atoms with Crippen molar-refractivity contribution in [3.8, 4) is 0 Å². The molecule has 2 N–H and O–H groups in total. The second-order valence-corrected chi connectivity index (χ2v) is 14.8. The number of ether oxygens (including phenoxy) is 5. The van der Waals surface area contributed by atoms with Crippen molar-refractivity contribution < 1.29 is 43.5 Å². The Morgan fingerprint density at radius 2 is 1.79 bits per heavy atom. The Morgan fingerprint density at radius 1 is 1.05 bits per heavy atom. The second-order valence-electron chi connectivity index (χ2n) is 14.8. The van der Waals surface area contributed by atoms with Crippen LogP contribution in [0.4, 0.5) is 0 Å². The minimum atomic E-state index is -0.970. The predicted molar refractivity (Wildman–Crippen MR) is 156 cm³/mol. The Hall–Kier alpha value is -1.52. The molecule has 0 aromatic carbocycles. The first-order valence-corrected chi connectivity index (χ1v) is 16.7. The van der Waals surface area contributed by atoms with Gasteiger partial charge in [0.15, 0.2) is 6.29 Å². The van der Waals surface area contributed by atoms with Crippen LogP contribution in [0.15, 0.2) is 11.6 Å². The highest BCUT2D eigenvalue weighted by Gasteiger charge is 2.85. The van der Waals surface area contributed by atoms with Gasteiger partial charge in [0.25, 0.3) is 0 Å². The molecule has 1 saturated heterocycles. The topological polar surface area (TPSA) is 121 Å². The van der Waals surface area contributed by atoms with E-state index in [0.717, 1.165) is 44.1 Å². The molecule has 2 heterocycles. The molecule has 11 unspecified atom stereocenters. The van der Waals surface area contributed by atoms with Gasteiger partial charge in [-0.25, -0.2) is 4.79 Å². The van der Waals surface area contributed by atoms with Crippen molar-refractivity contribution in [3.05, 3.63) is 11.6 Å². The van der Waals surface area contributed by atoms with E-state index in [1.807, 2.05) is 20.8 Å². The summed E-state index contributed by atoms with van der Waals surface area (Å²) < 4.78 is 29.1. The largest absolute Gasteiger partial charge is 0.462 e. The molecule has 5 saturated carbocycles. The summed E-state index contributed by atoms with van der Waals surface area (Å²) in [5.74, 6) is 0.311. The minimum absolute atomic E-state index is 0.0873. The number of cyclic esters (lactones) is 1. The number of methoxy groups -OCH3 is 1. The number of aliphatic hydroxyl groups excluding tert-OH is 1. The highest BCUT2D eigenvalue weighted by Crippen LogP contribution is 2.87. The van der Waals surface area contributed by atoms with E-state index in [-0.39, 0.29) is 65.8 Å². The van der Waals surface area contributed by atoms with Crippen LogP contribution in [0, 0.1) is 39.9 Å². The van der Waals surface area contributed by atoms with Crippen molar-refractivity contribution in [1.82, 2.24) is 0 Å². The standard InChI is InChI=1S/C32H46O9.C2H6/c1-16-28(35)22(37-5)13-26(39-16)41-19-6-7-29(3)20(11-19)21-12-24-31(21,29)9-8-30(4)27(18-10-25(34)38-15-18)23(40-17(2)33)14-32(24,30)36;1-2/h10,16,19-24,26-28,35-36H,6-9,11-15H2,1-5H3;1-2H3/t16-,19?,20?,21?,22-,23?,24?,26?,27?,28?,29?,30?,31+,32?;/m0./s1. The lowest BCUT2D eigenvalue weighted by atomic mass is 9.20. The van der Waals surface area contributed by atoms with Crippen molar-refractivity contribution in [2.24, 2.45) is 39.9 Å². The van der Waals surface area contributed by atoms with Crippen LogP contribution >= 0.6 is 0 Å². The highest BCUT2D eigenvalue weighted by atomic mass is 16.7. The lowest BCUT2D eigenvalue weighted by molar-refractivity contribution is -0.392. The molecule has 7 aliphatic rings. The third-order valence-corrected chi connectivity index (χ3v) is 13.5. The van der Waals surface area contributed by atoms with E-state index in [2.05, 4.69) is 13.8 Å². The average Bonchev–Trinajstić information content (AvgIpc) is 3.46. The van der Waals surface area contributed by atoms with E-state index in [1.54, 1.807) is 13.2 Å². The van der Waals surface area contributed by atoms with Crippen LogP contribution in [0.2, 0.25) is 0 Å². The number of hydrogen-bond donors (Lipinski definition) is 2. The smallest absolute Gasteiger partial charge is 0.331 e. The highest BCUT2D eigenvalue weighted by molar-refractivity contribution is 5.85. The summed E-state index contributed by atoms with van der Waals surface area (Å²) in [6, 6.07) is 0. The molecule has 1 spiro atoms. The second kappa shape index (κ2) is 10.8. The zero-order valence-electron chi connectivity index (χ0n) is 27.0. The fourth-order valence-corrected chi connectivity index (χ4v) is 11.7. The van der Waals surface area contributed by atoms with E-state index in [1.165, 1.54) is 6.92 Å². The summed E-state index contributed by atoms with van der Waals surface area (Å²) in [4.78, 5) is 24.2. The van der Waals surface area contributed by atoms with E-state index >= 15 is 0 Å². The van der Waals surface area contributed by atoms with Gasteiger partial charge in [0.2, 0.25) is 0 Å². The van der Waals surface area contributed by atoms with Crippen LogP contribution < -0.4 is 0 Å². The number of esters is 2. The van der Waals surface area contributed by atoms with Gasteiger partial charge in [0, 0.05) is 44.3 Å². The molecule has 0 bridgehead atoms. The van der Waals surface area contributed by atoms with Crippen LogP contribution in [-0.4, -0.2) is 78.3 Å². The average molecular weight is 605 g/mol. The summed E-state index contributed by atoms with van der Waals surface area (Å²) >= 11 is 0. The van der Waals surface area contributed by atoms with Crippen LogP contribution in [0.3, 0.4) is 0 Å². The molecule has 43 heavy (non-hydrogen) atoms. The lowest BCUT2D eigenvalue weighted by Gasteiger charge is -2.84. The van der Waals surface area contributed by atoms with Gasteiger partial charge >= 0.3 is 11.9 Å². The summed E-state index contributed by atoms with van der Waals surface area (Å²) in [5.41, 5.74) is -0.395. The molecule has 242 valence electrons. The van der Waals surface area contributed by atoms with Gasteiger partial charge in [0.1, 0.15) is 18.8 Å². The molecular formula is C34H52O9. The third-order valence-electron chi connectivity index (χ3n) is 13.5. The van der Waals surface area contributed by atoms with Crippen LogP contribution in [0.25, 0.3) is 0 Å². The molecular weight excluding hydrogens is 552 g/mol. The molecule has 2 aliphatic heterocycles. The van der Waals surface area contributed by atoms with Crippen LogP contribution in [-0.2, 0) is 33.3 Å². The quantitative estimate of drug-likeness (QED) is 0.349. The van der Waals surface area contributed by atoms with Crippen molar-refractivity contribution in [1.29, 1.82) is 0 Å². The monoisotopic (exact) mass is 604 g/mol. The zero-order chi connectivity index (χ0) is 31.1. The number of rotatable bonds is 5. The Bertz CT molecular complexity index is 1150. The number of carbonyl (C=O) groups is 2. The van der Waals surface area contributed by atoms with Crippen molar-refractivity contribution >= 4 is 11.9 Å². The van der Waals surface area contributed by atoms with Crippen molar-refractivity contribution in [3.63, 3.8) is 0 Å². The normalized spacial score (nSPS) is 52.9. The molecule has 6 fully saturated rings. The first-order valence-electron chi connectivity index (χ1n) is 16.7. The fraction of sp³-hybridized carbons (Fsp3) is 0.882. The molecule has 0 amide bonds. The first kappa shape index (κ1) is 31.5. The van der Waals surface area contributed by atoms with Gasteiger partial charge in [-0.3, -0.25) is 4.79 Å². The number of aliphatic hydroxyl groups is 2. The van der Waals surface area contributed by atoms with E-state index in [4.69, 9.17) is 23.7 Å². The first-order chi connectivity index (χ1) is 20.4. The summed E-state index contributed by atoms with van der Waals surface area (Å²) in [6.45, 7) is 12.1. The van der Waals surface area contributed by atoms with Gasteiger partial charge in [-0.05, 0) is 79.6 Å². The number of carbonyl (C=O) groups excluding carboxylic acids is 2. The lowest BCUT2D eigenvalue weighted by Crippen LogP contribution is -2.81. The molecule has 0 aromatic rings. The van der Waals surface area contributed by atoms with Gasteiger partial charge in [-0.2, -0.15) is 0 Å². The van der Waals surface area contributed by atoms with Crippen molar-refractivity contribution in [2.75, 3.05) is 13.7 Å². The summed E-state index contributed by atoms with van der Waals surface area (Å²) in [6.07, 6.45) is 6.34. The number of fused-ring (bicyclic) bond motifs is 4. The van der Waals surface area contributed by atoms with Gasteiger partial charge < -0.3 is 33.9 Å². The molecule has 9 heteroatoms. The van der Waals surface area contributed by atoms with E-state index in [0.29, 0.717) is 24.7 Å². The molecule has 0 radical (unpaired) electrons.